The SMILES string of the molecule is CC(=O)Nc1ccc2c(COC(=O)C(C)NC(=O)c3ccccc3Cl)cc(=O)oc2c1. The van der Waals surface area contributed by atoms with E-state index in [0.717, 1.165) is 0 Å². The summed E-state index contributed by atoms with van der Waals surface area (Å²) in [7, 11) is 0. The topological polar surface area (TPSA) is 115 Å². The number of fused-ring (bicyclic) bond motifs is 1. The van der Waals surface area contributed by atoms with Crippen LogP contribution in [0.2, 0.25) is 5.02 Å². The number of carbonyl (C=O) groups excluding carboxylic acids is 3. The molecule has 0 saturated heterocycles. The van der Waals surface area contributed by atoms with E-state index in [4.69, 9.17) is 20.8 Å². The molecule has 31 heavy (non-hydrogen) atoms. The summed E-state index contributed by atoms with van der Waals surface area (Å²) in [6, 6.07) is 11.5. The van der Waals surface area contributed by atoms with Gasteiger partial charge in [-0.15, -0.1) is 0 Å². The number of halogens is 1. The van der Waals surface area contributed by atoms with E-state index in [1.165, 1.54) is 26.0 Å². The van der Waals surface area contributed by atoms with Crippen molar-refractivity contribution < 1.29 is 23.5 Å². The number of benzene rings is 2. The van der Waals surface area contributed by atoms with E-state index in [0.29, 0.717) is 16.6 Å². The third-order valence-electron chi connectivity index (χ3n) is 4.34. The second kappa shape index (κ2) is 9.44. The van der Waals surface area contributed by atoms with Crippen molar-refractivity contribution in [3.8, 4) is 0 Å². The van der Waals surface area contributed by atoms with E-state index < -0.39 is 23.5 Å². The van der Waals surface area contributed by atoms with Crippen molar-refractivity contribution in [2.24, 2.45) is 0 Å². The highest BCUT2D eigenvalue weighted by Crippen LogP contribution is 2.22. The lowest BCUT2D eigenvalue weighted by Crippen LogP contribution is -2.39. The Hall–Kier alpha value is -3.65. The molecule has 0 aliphatic rings. The Kier molecular flexibility index (Phi) is 6.71. The van der Waals surface area contributed by atoms with Crippen molar-refractivity contribution in [3.63, 3.8) is 0 Å². The molecule has 3 rings (SSSR count). The molecule has 1 unspecified atom stereocenters. The molecule has 0 aliphatic heterocycles. The van der Waals surface area contributed by atoms with Gasteiger partial charge in [-0.1, -0.05) is 23.7 Å². The highest BCUT2D eigenvalue weighted by Gasteiger charge is 2.20. The van der Waals surface area contributed by atoms with Crippen molar-refractivity contribution in [2.75, 3.05) is 5.32 Å². The van der Waals surface area contributed by atoms with Gasteiger partial charge in [0.2, 0.25) is 5.91 Å². The summed E-state index contributed by atoms with van der Waals surface area (Å²) in [5, 5.41) is 5.95. The van der Waals surface area contributed by atoms with Gasteiger partial charge in [0.25, 0.3) is 5.91 Å². The summed E-state index contributed by atoms with van der Waals surface area (Å²) in [4.78, 5) is 47.7. The summed E-state index contributed by atoms with van der Waals surface area (Å²) >= 11 is 5.99. The molecule has 3 aromatic rings. The molecule has 9 heteroatoms. The molecule has 2 N–H and O–H groups in total. The first-order chi connectivity index (χ1) is 14.7. The Labute approximate surface area is 182 Å². The van der Waals surface area contributed by atoms with Crippen LogP contribution in [0.25, 0.3) is 11.0 Å². The number of hydrogen-bond donors (Lipinski definition) is 2. The van der Waals surface area contributed by atoms with Gasteiger partial charge in [-0.2, -0.15) is 0 Å². The van der Waals surface area contributed by atoms with Crippen molar-refractivity contribution in [3.05, 3.63) is 75.1 Å². The van der Waals surface area contributed by atoms with Gasteiger partial charge in [0, 0.05) is 35.7 Å². The van der Waals surface area contributed by atoms with Crippen LogP contribution in [0.4, 0.5) is 5.69 Å². The fourth-order valence-corrected chi connectivity index (χ4v) is 3.10. The average molecular weight is 443 g/mol. The zero-order chi connectivity index (χ0) is 22.5. The van der Waals surface area contributed by atoms with E-state index in [2.05, 4.69) is 10.6 Å². The number of esters is 1. The summed E-state index contributed by atoms with van der Waals surface area (Å²) in [5.41, 5.74) is 0.751. The largest absolute Gasteiger partial charge is 0.459 e. The fraction of sp³-hybridized carbons (Fsp3) is 0.182. The first-order valence-electron chi connectivity index (χ1n) is 9.31. The molecule has 0 bridgehead atoms. The van der Waals surface area contributed by atoms with E-state index >= 15 is 0 Å². The Morgan fingerprint density at radius 2 is 1.87 bits per heavy atom. The molecule has 1 atom stereocenters. The highest BCUT2D eigenvalue weighted by molar-refractivity contribution is 6.33. The summed E-state index contributed by atoms with van der Waals surface area (Å²) in [6.45, 7) is 2.64. The number of amides is 2. The van der Waals surface area contributed by atoms with E-state index in [9.17, 15) is 19.2 Å². The third kappa shape index (κ3) is 5.49. The van der Waals surface area contributed by atoms with Crippen LogP contribution in [-0.4, -0.2) is 23.8 Å². The van der Waals surface area contributed by atoms with Crippen LogP contribution in [0, 0.1) is 0 Å². The zero-order valence-electron chi connectivity index (χ0n) is 16.7. The van der Waals surface area contributed by atoms with Gasteiger partial charge in [0.15, 0.2) is 0 Å². The molecule has 0 spiro atoms. The van der Waals surface area contributed by atoms with E-state index in [1.54, 1.807) is 36.4 Å². The van der Waals surface area contributed by atoms with Crippen molar-refractivity contribution in [2.45, 2.75) is 26.5 Å². The van der Waals surface area contributed by atoms with Gasteiger partial charge in [0.05, 0.1) is 10.6 Å². The standard InChI is InChI=1S/C22H19ClN2O6/c1-12(24-21(28)17-5-3-4-6-18(17)23)22(29)30-11-14-9-20(27)31-19-10-15(25-13(2)26)7-8-16(14)19/h3-10,12H,11H2,1-2H3,(H,24,28)(H,25,26). The predicted molar refractivity (Wildman–Crippen MR) is 115 cm³/mol. The lowest BCUT2D eigenvalue weighted by atomic mass is 10.1. The first kappa shape index (κ1) is 22.0. The minimum atomic E-state index is -0.943. The van der Waals surface area contributed by atoms with Crippen LogP contribution >= 0.6 is 11.6 Å². The maximum Gasteiger partial charge on any atom is 0.336 e. The molecule has 8 nitrogen and oxygen atoms in total. The van der Waals surface area contributed by atoms with E-state index in [1.807, 2.05) is 0 Å². The maximum absolute atomic E-state index is 12.3. The monoisotopic (exact) mass is 442 g/mol. The lowest BCUT2D eigenvalue weighted by Gasteiger charge is -2.14. The molecule has 0 aliphatic carbocycles. The molecule has 2 amide bonds. The summed E-state index contributed by atoms with van der Waals surface area (Å²) in [6.07, 6.45) is 0. The average Bonchev–Trinajstić information content (AvgIpc) is 2.71. The Balaban J connectivity index is 1.70. The first-order valence-corrected chi connectivity index (χ1v) is 9.69. The maximum atomic E-state index is 12.3. The minimum Gasteiger partial charge on any atom is -0.459 e. The Bertz CT molecular complexity index is 1220. The van der Waals surface area contributed by atoms with Crippen LogP contribution in [0.5, 0.6) is 0 Å². The number of anilines is 1. The predicted octanol–water partition coefficient (Wildman–Crippen LogP) is 3.27. The van der Waals surface area contributed by atoms with Crippen molar-refractivity contribution in [1.29, 1.82) is 0 Å². The molecular weight excluding hydrogens is 424 g/mol. The molecule has 0 saturated carbocycles. The summed E-state index contributed by atoms with van der Waals surface area (Å²) in [5.74, 6) is -1.46. The minimum absolute atomic E-state index is 0.202. The van der Waals surface area contributed by atoms with Crippen molar-refractivity contribution >= 4 is 46.0 Å². The normalized spacial score (nSPS) is 11.6. The van der Waals surface area contributed by atoms with Crippen LogP contribution < -0.4 is 16.3 Å². The van der Waals surface area contributed by atoms with Gasteiger partial charge in [0.1, 0.15) is 18.2 Å². The lowest BCUT2D eigenvalue weighted by molar-refractivity contribution is -0.146. The van der Waals surface area contributed by atoms with Gasteiger partial charge in [-0.3, -0.25) is 9.59 Å². The van der Waals surface area contributed by atoms with Crippen LogP contribution in [0.15, 0.2) is 57.7 Å². The molecule has 160 valence electrons. The Morgan fingerprint density at radius 1 is 1.13 bits per heavy atom. The van der Waals surface area contributed by atoms with Gasteiger partial charge < -0.3 is 19.8 Å². The molecule has 0 radical (unpaired) electrons. The molecule has 2 aromatic carbocycles. The molecule has 0 fully saturated rings. The number of hydrogen-bond acceptors (Lipinski definition) is 6. The molecule has 1 aromatic heterocycles. The number of carbonyl (C=O) groups is 3. The number of ether oxygens (including phenoxy) is 1. The summed E-state index contributed by atoms with van der Waals surface area (Å²) < 4.78 is 10.5. The van der Waals surface area contributed by atoms with Crippen LogP contribution in [0.3, 0.4) is 0 Å². The van der Waals surface area contributed by atoms with E-state index in [-0.39, 0.29) is 28.7 Å². The highest BCUT2D eigenvalue weighted by atomic mass is 35.5. The molecule has 1 heterocycles. The second-order valence-corrected chi connectivity index (χ2v) is 7.17. The van der Waals surface area contributed by atoms with Gasteiger partial charge >= 0.3 is 11.6 Å². The number of rotatable bonds is 6. The van der Waals surface area contributed by atoms with Crippen molar-refractivity contribution in [1.82, 2.24) is 5.32 Å². The molecular formula is C22H19ClN2O6. The fourth-order valence-electron chi connectivity index (χ4n) is 2.88. The smallest absolute Gasteiger partial charge is 0.336 e. The van der Waals surface area contributed by atoms with Gasteiger partial charge in [-0.05, 0) is 31.2 Å². The quantitative estimate of drug-likeness (QED) is 0.447. The number of nitrogens with one attached hydrogen (secondary N) is 2. The Morgan fingerprint density at radius 3 is 2.58 bits per heavy atom. The van der Waals surface area contributed by atoms with Crippen LogP contribution in [-0.2, 0) is 20.9 Å². The van der Waals surface area contributed by atoms with Crippen LogP contribution in [0.1, 0.15) is 29.8 Å². The third-order valence-corrected chi connectivity index (χ3v) is 4.67. The zero-order valence-corrected chi connectivity index (χ0v) is 17.5. The second-order valence-electron chi connectivity index (χ2n) is 6.77. The van der Waals surface area contributed by atoms with Gasteiger partial charge in [-0.25, -0.2) is 9.59 Å².